The van der Waals surface area contributed by atoms with Gasteiger partial charge in [-0.1, -0.05) is 29.8 Å². The minimum atomic E-state index is -2.94. The topological polar surface area (TPSA) is 75.3 Å². The normalized spacial score (nSPS) is 20.3. The number of carbonyl (C=O) groups is 1. The third kappa shape index (κ3) is 5.47. The molecule has 1 aromatic rings. The first-order valence-corrected chi connectivity index (χ1v) is 9.03. The Balaban J connectivity index is 1.64. The van der Waals surface area contributed by atoms with Crippen molar-refractivity contribution in [1.82, 2.24) is 10.6 Å². The first kappa shape index (κ1) is 16.0. The number of rotatable bonds is 6. The maximum Gasteiger partial charge on any atom is 0.221 e. The van der Waals surface area contributed by atoms with E-state index in [9.17, 15) is 13.2 Å². The van der Waals surface area contributed by atoms with Gasteiger partial charge in [0.2, 0.25) is 5.91 Å². The highest BCUT2D eigenvalue weighted by Gasteiger charge is 2.28. The third-order valence-corrected chi connectivity index (χ3v) is 5.31. The van der Waals surface area contributed by atoms with Gasteiger partial charge < -0.3 is 10.6 Å². The molecule has 1 aromatic carbocycles. The Labute approximate surface area is 126 Å². The first-order chi connectivity index (χ1) is 9.94. The van der Waals surface area contributed by atoms with E-state index in [0.717, 1.165) is 6.54 Å². The lowest BCUT2D eigenvalue weighted by Crippen LogP contribution is -2.37. The number of carbonyl (C=O) groups excluding carboxylic acids is 1. The van der Waals surface area contributed by atoms with E-state index < -0.39 is 9.84 Å². The van der Waals surface area contributed by atoms with Crippen molar-refractivity contribution in [2.75, 3.05) is 18.1 Å². The molecule has 2 rings (SSSR count). The van der Waals surface area contributed by atoms with Gasteiger partial charge in [0.05, 0.1) is 11.5 Å². The molecule has 1 fully saturated rings. The van der Waals surface area contributed by atoms with Crippen LogP contribution < -0.4 is 10.6 Å². The molecule has 1 atom stereocenters. The standard InChI is InChI=1S/C15H22N2O3S/c1-12-3-2-4-13(9-12)10-16-7-5-15(18)17-14-6-8-21(19,20)11-14/h2-4,9,14,16H,5-8,10-11H2,1H3,(H,17,18). The molecule has 5 nitrogen and oxygen atoms in total. The van der Waals surface area contributed by atoms with Gasteiger partial charge in [-0.3, -0.25) is 4.79 Å². The molecular formula is C15H22N2O3S. The molecule has 21 heavy (non-hydrogen) atoms. The molecule has 0 spiro atoms. The van der Waals surface area contributed by atoms with E-state index in [1.807, 2.05) is 25.1 Å². The van der Waals surface area contributed by atoms with E-state index in [1.165, 1.54) is 11.1 Å². The molecule has 1 aliphatic heterocycles. The van der Waals surface area contributed by atoms with Crippen LogP contribution in [0.25, 0.3) is 0 Å². The van der Waals surface area contributed by atoms with Crippen LogP contribution in [0.1, 0.15) is 24.0 Å². The molecular weight excluding hydrogens is 288 g/mol. The minimum Gasteiger partial charge on any atom is -0.352 e. The summed E-state index contributed by atoms with van der Waals surface area (Å²) in [4.78, 5) is 11.7. The van der Waals surface area contributed by atoms with Crippen LogP contribution in [0.15, 0.2) is 24.3 Å². The Kier molecular flexibility index (Phi) is 5.36. The summed E-state index contributed by atoms with van der Waals surface area (Å²) in [5.74, 6) is 0.174. The zero-order valence-corrected chi connectivity index (χ0v) is 13.1. The molecule has 0 saturated carbocycles. The van der Waals surface area contributed by atoms with Crippen molar-refractivity contribution in [3.05, 3.63) is 35.4 Å². The van der Waals surface area contributed by atoms with Crippen LogP contribution in [0, 0.1) is 6.92 Å². The van der Waals surface area contributed by atoms with Crippen molar-refractivity contribution in [3.63, 3.8) is 0 Å². The van der Waals surface area contributed by atoms with Crippen LogP contribution in [0.2, 0.25) is 0 Å². The SMILES string of the molecule is Cc1cccc(CNCCC(=O)NC2CCS(=O)(=O)C2)c1. The average Bonchev–Trinajstić information content (AvgIpc) is 2.74. The fourth-order valence-electron chi connectivity index (χ4n) is 2.47. The van der Waals surface area contributed by atoms with Gasteiger partial charge in [-0.05, 0) is 18.9 Å². The van der Waals surface area contributed by atoms with Gasteiger partial charge in [0, 0.05) is 25.6 Å². The first-order valence-electron chi connectivity index (χ1n) is 7.21. The lowest BCUT2D eigenvalue weighted by Gasteiger charge is -2.11. The van der Waals surface area contributed by atoms with Crippen LogP contribution in [0.5, 0.6) is 0 Å². The molecule has 0 aromatic heterocycles. The molecule has 1 heterocycles. The summed E-state index contributed by atoms with van der Waals surface area (Å²) in [6, 6.07) is 8.01. The zero-order chi connectivity index (χ0) is 15.3. The predicted octanol–water partition coefficient (Wildman–Crippen LogP) is 0.778. The Morgan fingerprint density at radius 1 is 1.38 bits per heavy atom. The van der Waals surface area contributed by atoms with E-state index in [0.29, 0.717) is 19.4 Å². The molecule has 1 aliphatic rings. The highest BCUT2D eigenvalue weighted by Crippen LogP contribution is 2.11. The molecule has 6 heteroatoms. The molecule has 0 aliphatic carbocycles. The number of nitrogens with one attached hydrogen (secondary N) is 2. The highest BCUT2D eigenvalue weighted by atomic mass is 32.2. The van der Waals surface area contributed by atoms with Crippen LogP contribution in [0.4, 0.5) is 0 Å². The van der Waals surface area contributed by atoms with Crippen LogP contribution >= 0.6 is 0 Å². The van der Waals surface area contributed by atoms with Crippen molar-refractivity contribution in [2.24, 2.45) is 0 Å². The predicted molar refractivity (Wildman–Crippen MR) is 82.7 cm³/mol. The summed E-state index contributed by atoms with van der Waals surface area (Å²) in [6.45, 7) is 3.36. The van der Waals surface area contributed by atoms with Gasteiger partial charge in [-0.15, -0.1) is 0 Å². The van der Waals surface area contributed by atoms with E-state index in [2.05, 4.69) is 16.7 Å². The number of amides is 1. The van der Waals surface area contributed by atoms with Crippen molar-refractivity contribution >= 4 is 15.7 Å². The summed E-state index contributed by atoms with van der Waals surface area (Å²) in [7, 11) is -2.94. The Morgan fingerprint density at radius 3 is 2.86 bits per heavy atom. The molecule has 0 radical (unpaired) electrons. The zero-order valence-electron chi connectivity index (χ0n) is 12.3. The van der Waals surface area contributed by atoms with Crippen molar-refractivity contribution in [3.8, 4) is 0 Å². The smallest absolute Gasteiger partial charge is 0.221 e. The van der Waals surface area contributed by atoms with Gasteiger partial charge in [0.25, 0.3) is 0 Å². The fraction of sp³-hybridized carbons (Fsp3) is 0.533. The summed E-state index contributed by atoms with van der Waals surface area (Å²) in [5.41, 5.74) is 2.41. The lowest BCUT2D eigenvalue weighted by molar-refractivity contribution is -0.121. The van der Waals surface area contributed by atoms with Crippen molar-refractivity contribution in [2.45, 2.75) is 32.4 Å². The number of hydrogen-bond donors (Lipinski definition) is 2. The maximum absolute atomic E-state index is 11.7. The second-order valence-corrected chi connectivity index (χ2v) is 7.81. The number of aryl methyl sites for hydroxylation is 1. The molecule has 2 N–H and O–H groups in total. The van der Waals surface area contributed by atoms with Gasteiger partial charge in [0.15, 0.2) is 9.84 Å². The van der Waals surface area contributed by atoms with Crippen molar-refractivity contribution in [1.29, 1.82) is 0 Å². The highest BCUT2D eigenvalue weighted by molar-refractivity contribution is 7.91. The summed E-state index contributed by atoms with van der Waals surface area (Å²) >= 11 is 0. The summed E-state index contributed by atoms with van der Waals surface area (Å²) in [5, 5.41) is 6.01. The number of benzene rings is 1. The second kappa shape index (κ2) is 7.04. The van der Waals surface area contributed by atoms with Crippen LogP contribution in [-0.4, -0.2) is 38.4 Å². The molecule has 1 saturated heterocycles. The maximum atomic E-state index is 11.7. The van der Waals surface area contributed by atoms with E-state index >= 15 is 0 Å². The van der Waals surface area contributed by atoms with E-state index in [-0.39, 0.29) is 23.5 Å². The molecule has 0 bridgehead atoms. The molecule has 1 unspecified atom stereocenters. The van der Waals surface area contributed by atoms with Gasteiger partial charge >= 0.3 is 0 Å². The van der Waals surface area contributed by atoms with E-state index in [4.69, 9.17) is 0 Å². The Bertz CT molecular complexity index is 599. The average molecular weight is 310 g/mol. The third-order valence-electron chi connectivity index (χ3n) is 3.54. The van der Waals surface area contributed by atoms with Gasteiger partial charge in [-0.25, -0.2) is 8.42 Å². The molecule has 116 valence electrons. The van der Waals surface area contributed by atoms with E-state index in [1.54, 1.807) is 0 Å². The van der Waals surface area contributed by atoms with Gasteiger partial charge in [0.1, 0.15) is 0 Å². The summed E-state index contributed by atoms with van der Waals surface area (Å²) in [6.07, 6.45) is 0.896. The number of sulfone groups is 1. The quantitative estimate of drug-likeness (QED) is 0.761. The van der Waals surface area contributed by atoms with Crippen molar-refractivity contribution < 1.29 is 13.2 Å². The van der Waals surface area contributed by atoms with Crippen LogP contribution in [-0.2, 0) is 21.2 Å². The Hall–Kier alpha value is -1.40. The van der Waals surface area contributed by atoms with Crippen LogP contribution in [0.3, 0.4) is 0 Å². The van der Waals surface area contributed by atoms with Gasteiger partial charge in [-0.2, -0.15) is 0 Å². The fourth-order valence-corrected chi connectivity index (χ4v) is 4.14. The molecule has 1 amide bonds. The monoisotopic (exact) mass is 310 g/mol. The lowest BCUT2D eigenvalue weighted by atomic mass is 10.1. The second-order valence-electron chi connectivity index (χ2n) is 5.58. The largest absolute Gasteiger partial charge is 0.352 e. The Morgan fingerprint density at radius 2 is 2.19 bits per heavy atom. The number of hydrogen-bond acceptors (Lipinski definition) is 4. The summed E-state index contributed by atoms with van der Waals surface area (Å²) < 4.78 is 22.6. The minimum absolute atomic E-state index is 0.0788.